The number of benzene rings is 2. The number of hydrogen-bond donors (Lipinski definition) is 1. The smallest absolute Gasteiger partial charge is 0.234 e. The summed E-state index contributed by atoms with van der Waals surface area (Å²) in [6.45, 7) is 1.67. The molecule has 0 atom stereocenters. The van der Waals surface area contributed by atoms with E-state index in [0.29, 0.717) is 16.4 Å². The number of aromatic nitrogens is 4. The number of thioether (sulfide) groups is 1. The number of carbonyl (C=O) groups excluding carboxylic acids is 1. The molecule has 0 saturated carbocycles. The van der Waals surface area contributed by atoms with Gasteiger partial charge in [-0.2, -0.15) is 4.68 Å². The molecule has 0 bridgehead atoms. The first-order valence-corrected chi connectivity index (χ1v) is 9.04. The van der Waals surface area contributed by atoms with E-state index < -0.39 is 0 Å². The van der Waals surface area contributed by atoms with Gasteiger partial charge in [0.15, 0.2) is 0 Å². The third-order valence-electron chi connectivity index (χ3n) is 3.30. The first-order chi connectivity index (χ1) is 12.0. The van der Waals surface area contributed by atoms with Crippen LogP contribution in [0.3, 0.4) is 0 Å². The van der Waals surface area contributed by atoms with Gasteiger partial charge in [-0.25, -0.2) is 4.39 Å². The maximum atomic E-state index is 13.5. The van der Waals surface area contributed by atoms with E-state index in [1.165, 1.54) is 17.8 Å². The quantitative estimate of drug-likeness (QED) is 0.637. The van der Waals surface area contributed by atoms with E-state index >= 15 is 0 Å². The average Bonchev–Trinajstić information content (AvgIpc) is 3.06. The molecule has 1 N–H and O–H groups in total. The van der Waals surface area contributed by atoms with Crippen LogP contribution in [0, 0.1) is 12.7 Å². The van der Waals surface area contributed by atoms with E-state index in [1.54, 1.807) is 23.7 Å². The van der Waals surface area contributed by atoms with Crippen molar-refractivity contribution in [2.75, 3.05) is 11.1 Å². The summed E-state index contributed by atoms with van der Waals surface area (Å²) in [5.74, 6) is -0.518. The van der Waals surface area contributed by atoms with Crippen molar-refractivity contribution in [2.45, 2.75) is 12.1 Å². The highest BCUT2D eigenvalue weighted by Crippen LogP contribution is 2.20. The number of aryl methyl sites for hydroxylation is 1. The van der Waals surface area contributed by atoms with Crippen LogP contribution >= 0.6 is 27.7 Å². The summed E-state index contributed by atoms with van der Waals surface area (Å²) >= 11 is 4.57. The van der Waals surface area contributed by atoms with Gasteiger partial charge in [0, 0.05) is 10.2 Å². The molecule has 0 saturated heterocycles. The van der Waals surface area contributed by atoms with Crippen molar-refractivity contribution in [2.24, 2.45) is 0 Å². The SMILES string of the molecule is Cc1ccc(NC(=O)CSc2nnnn2-c2ccc(Br)cc2)cc1F. The number of halogens is 2. The lowest BCUT2D eigenvalue weighted by Crippen LogP contribution is -2.14. The molecule has 0 aliphatic heterocycles. The van der Waals surface area contributed by atoms with Crippen LogP contribution in [0.5, 0.6) is 0 Å². The normalized spacial score (nSPS) is 10.7. The Labute approximate surface area is 155 Å². The van der Waals surface area contributed by atoms with Crippen LogP contribution in [-0.4, -0.2) is 31.9 Å². The Morgan fingerprint density at radius 1 is 1.28 bits per heavy atom. The molecule has 0 unspecified atom stereocenters. The molecule has 0 fully saturated rings. The Balaban J connectivity index is 1.64. The maximum absolute atomic E-state index is 13.5. The van der Waals surface area contributed by atoms with Crippen molar-refractivity contribution in [3.05, 3.63) is 58.3 Å². The Bertz CT molecular complexity index is 900. The van der Waals surface area contributed by atoms with Crippen molar-refractivity contribution in [3.63, 3.8) is 0 Å². The van der Waals surface area contributed by atoms with Gasteiger partial charge in [-0.1, -0.05) is 33.8 Å². The third-order valence-corrected chi connectivity index (χ3v) is 4.75. The van der Waals surface area contributed by atoms with Gasteiger partial charge < -0.3 is 5.32 Å². The number of anilines is 1. The Kier molecular flexibility index (Phi) is 5.44. The summed E-state index contributed by atoms with van der Waals surface area (Å²) in [6.07, 6.45) is 0. The molecule has 1 amide bonds. The fourth-order valence-corrected chi connectivity index (χ4v) is 2.97. The molecule has 3 aromatic rings. The van der Waals surface area contributed by atoms with E-state index in [9.17, 15) is 9.18 Å². The summed E-state index contributed by atoms with van der Waals surface area (Å²) in [6, 6.07) is 12.1. The maximum Gasteiger partial charge on any atom is 0.234 e. The monoisotopic (exact) mass is 421 g/mol. The van der Waals surface area contributed by atoms with Crippen LogP contribution < -0.4 is 5.32 Å². The standard InChI is InChI=1S/C16H13BrFN5OS/c1-10-2-5-12(8-14(10)18)19-15(24)9-25-16-20-21-22-23(16)13-6-3-11(17)4-7-13/h2-8H,9H2,1H3,(H,19,24). The van der Waals surface area contributed by atoms with Crippen molar-refractivity contribution in [1.29, 1.82) is 0 Å². The molecule has 25 heavy (non-hydrogen) atoms. The van der Waals surface area contributed by atoms with Crippen molar-refractivity contribution in [3.8, 4) is 5.69 Å². The second kappa shape index (κ2) is 7.75. The summed E-state index contributed by atoms with van der Waals surface area (Å²) in [5, 5.41) is 14.7. The van der Waals surface area contributed by atoms with Crippen molar-refractivity contribution in [1.82, 2.24) is 20.2 Å². The number of amides is 1. The molecule has 1 aromatic heterocycles. The predicted molar refractivity (Wildman–Crippen MR) is 97.3 cm³/mol. The number of nitrogens with one attached hydrogen (secondary N) is 1. The number of hydrogen-bond acceptors (Lipinski definition) is 5. The Morgan fingerprint density at radius 3 is 2.76 bits per heavy atom. The lowest BCUT2D eigenvalue weighted by Gasteiger charge is -2.07. The fourth-order valence-electron chi connectivity index (χ4n) is 2.01. The number of nitrogens with zero attached hydrogens (tertiary/aromatic N) is 4. The van der Waals surface area contributed by atoms with E-state index in [1.807, 2.05) is 24.3 Å². The van der Waals surface area contributed by atoms with Gasteiger partial charge in [-0.05, 0) is 59.3 Å². The van der Waals surface area contributed by atoms with Crippen LogP contribution in [0.1, 0.15) is 5.56 Å². The topological polar surface area (TPSA) is 72.7 Å². The minimum atomic E-state index is -0.357. The Morgan fingerprint density at radius 2 is 2.04 bits per heavy atom. The Hall–Kier alpha value is -2.26. The molecule has 0 radical (unpaired) electrons. The molecule has 1 heterocycles. The zero-order chi connectivity index (χ0) is 17.8. The average molecular weight is 422 g/mol. The first kappa shape index (κ1) is 17.6. The zero-order valence-corrected chi connectivity index (χ0v) is 15.5. The molecule has 0 spiro atoms. The van der Waals surface area contributed by atoms with Crippen molar-refractivity contribution >= 4 is 39.3 Å². The van der Waals surface area contributed by atoms with Crippen LogP contribution in [0.2, 0.25) is 0 Å². The molecule has 0 aliphatic carbocycles. The van der Waals surface area contributed by atoms with Crippen LogP contribution in [0.4, 0.5) is 10.1 Å². The van der Waals surface area contributed by atoms with Gasteiger partial charge in [0.25, 0.3) is 0 Å². The molecule has 0 aliphatic rings. The first-order valence-electron chi connectivity index (χ1n) is 7.26. The number of carbonyl (C=O) groups is 1. The largest absolute Gasteiger partial charge is 0.325 e. The molecular weight excluding hydrogens is 409 g/mol. The highest BCUT2D eigenvalue weighted by atomic mass is 79.9. The minimum Gasteiger partial charge on any atom is -0.325 e. The summed E-state index contributed by atoms with van der Waals surface area (Å²) in [5.41, 5.74) is 1.74. The highest BCUT2D eigenvalue weighted by Gasteiger charge is 2.12. The molecule has 6 nitrogen and oxygen atoms in total. The zero-order valence-electron chi connectivity index (χ0n) is 13.1. The van der Waals surface area contributed by atoms with Crippen LogP contribution in [-0.2, 0) is 4.79 Å². The molecular formula is C16H13BrFN5OS. The minimum absolute atomic E-state index is 0.104. The molecule has 2 aromatic carbocycles. The van der Waals surface area contributed by atoms with Gasteiger partial charge in [0.05, 0.1) is 11.4 Å². The summed E-state index contributed by atoms with van der Waals surface area (Å²) < 4.78 is 16.0. The second-order valence-corrected chi connectivity index (χ2v) is 7.01. The number of rotatable bonds is 5. The predicted octanol–water partition coefficient (Wildman–Crippen LogP) is 3.60. The van der Waals surface area contributed by atoms with Gasteiger partial charge in [0.2, 0.25) is 11.1 Å². The van der Waals surface area contributed by atoms with E-state index in [2.05, 4.69) is 36.8 Å². The highest BCUT2D eigenvalue weighted by molar-refractivity contribution is 9.10. The molecule has 9 heteroatoms. The van der Waals surface area contributed by atoms with Crippen LogP contribution in [0.15, 0.2) is 52.1 Å². The fraction of sp³-hybridized carbons (Fsp3) is 0.125. The van der Waals surface area contributed by atoms with Crippen LogP contribution in [0.25, 0.3) is 5.69 Å². The van der Waals surface area contributed by atoms with E-state index in [-0.39, 0.29) is 17.5 Å². The lowest BCUT2D eigenvalue weighted by molar-refractivity contribution is -0.113. The summed E-state index contributed by atoms with van der Waals surface area (Å²) in [7, 11) is 0. The molecule has 128 valence electrons. The second-order valence-electron chi connectivity index (χ2n) is 5.15. The van der Waals surface area contributed by atoms with Gasteiger partial charge >= 0.3 is 0 Å². The van der Waals surface area contributed by atoms with Gasteiger partial charge in [0.1, 0.15) is 5.82 Å². The van der Waals surface area contributed by atoms with E-state index in [4.69, 9.17) is 0 Å². The third kappa shape index (κ3) is 4.43. The van der Waals surface area contributed by atoms with Gasteiger partial charge in [-0.3, -0.25) is 4.79 Å². The lowest BCUT2D eigenvalue weighted by atomic mass is 10.2. The number of tetrazole rings is 1. The van der Waals surface area contributed by atoms with Crippen molar-refractivity contribution < 1.29 is 9.18 Å². The summed E-state index contributed by atoms with van der Waals surface area (Å²) in [4.78, 5) is 12.1. The van der Waals surface area contributed by atoms with Gasteiger partial charge in [-0.15, -0.1) is 5.10 Å². The molecule has 3 rings (SSSR count). The van der Waals surface area contributed by atoms with E-state index in [0.717, 1.165) is 10.2 Å².